The number of aryl methyl sites for hydroxylation is 1. The summed E-state index contributed by atoms with van der Waals surface area (Å²) in [4.78, 5) is 28.1. The maximum absolute atomic E-state index is 13.5. The quantitative estimate of drug-likeness (QED) is 0.700. The third-order valence-corrected chi connectivity index (χ3v) is 5.33. The van der Waals surface area contributed by atoms with Gasteiger partial charge in [-0.2, -0.15) is 0 Å². The number of carbonyl (C=O) groups excluding carboxylic acids is 1. The summed E-state index contributed by atoms with van der Waals surface area (Å²) in [5.41, 5.74) is 2.93. The van der Waals surface area contributed by atoms with Crippen LogP contribution in [0.5, 0.6) is 0 Å². The van der Waals surface area contributed by atoms with E-state index in [1.54, 1.807) is 35.6 Å². The molecule has 0 N–H and O–H groups in total. The average molecular weight is 379 g/mol. The molecule has 1 fully saturated rings. The predicted molar refractivity (Wildman–Crippen MR) is 103 cm³/mol. The summed E-state index contributed by atoms with van der Waals surface area (Å²) in [5.74, 6) is 0.472. The van der Waals surface area contributed by atoms with Crippen molar-refractivity contribution in [1.29, 1.82) is 0 Å². The van der Waals surface area contributed by atoms with Gasteiger partial charge in [-0.3, -0.25) is 9.78 Å². The number of piperidine rings is 1. The molecule has 0 unspecified atom stereocenters. The molecular formula is C21H22FN5O. The maximum Gasteiger partial charge on any atom is 0.253 e. The van der Waals surface area contributed by atoms with Crippen molar-refractivity contribution >= 4 is 5.91 Å². The normalized spacial score (nSPS) is 17.0. The highest BCUT2D eigenvalue weighted by Gasteiger charge is 2.27. The Bertz CT molecular complexity index is 1020. The molecule has 0 aliphatic carbocycles. The van der Waals surface area contributed by atoms with Crippen LogP contribution < -0.4 is 0 Å². The van der Waals surface area contributed by atoms with Gasteiger partial charge in [-0.25, -0.2) is 14.4 Å². The highest BCUT2D eigenvalue weighted by atomic mass is 19.1. The summed E-state index contributed by atoms with van der Waals surface area (Å²) in [6, 6.07) is 5.85. The zero-order valence-electron chi connectivity index (χ0n) is 16.0. The van der Waals surface area contributed by atoms with E-state index in [9.17, 15) is 9.18 Å². The summed E-state index contributed by atoms with van der Waals surface area (Å²) in [6.45, 7) is 3.16. The number of amides is 1. The molecular weight excluding hydrogens is 357 g/mol. The summed E-state index contributed by atoms with van der Waals surface area (Å²) < 4.78 is 15.5. The van der Waals surface area contributed by atoms with E-state index in [0.717, 1.165) is 35.7 Å². The van der Waals surface area contributed by atoms with E-state index in [0.29, 0.717) is 18.7 Å². The lowest BCUT2D eigenvalue weighted by atomic mass is 9.94. The first-order valence-corrected chi connectivity index (χ1v) is 9.38. The Hall–Kier alpha value is -3.09. The Morgan fingerprint density at radius 2 is 2.11 bits per heavy atom. The molecule has 28 heavy (non-hydrogen) atoms. The van der Waals surface area contributed by atoms with E-state index < -0.39 is 5.82 Å². The van der Waals surface area contributed by atoms with Gasteiger partial charge in [0.15, 0.2) is 0 Å². The van der Waals surface area contributed by atoms with Gasteiger partial charge >= 0.3 is 0 Å². The summed E-state index contributed by atoms with van der Waals surface area (Å²) in [5, 5.41) is 0. The van der Waals surface area contributed by atoms with Gasteiger partial charge in [-0.15, -0.1) is 0 Å². The predicted octanol–water partition coefficient (Wildman–Crippen LogP) is 3.34. The second kappa shape index (κ2) is 7.50. The van der Waals surface area contributed by atoms with Crippen molar-refractivity contribution in [1.82, 2.24) is 24.4 Å². The Morgan fingerprint density at radius 1 is 1.25 bits per heavy atom. The minimum Gasteiger partial charge on any atom is -0.338 e. The summed E-state index contributed by atoms with van der Waals surface area (Å²) in [7, 11) is 1.95. The van der Waals surface area contributed by atoms with Crippen molar-refractivity contribution in [3.8, 4) is 11.4 Å². The molecule has 0 radical (unpaired) electrons. The zero-order valence-corrected chi connectivity index (χ0v) is 16.0. The van der Waals surface area contributed by atoms with Crippen molar-refractivity contribution in [2.75, 3.05) is 13.1 Å². The van der Waals surface area contributed by atoms with Crippen LogP contribution in [0.3, 0.4) is 0 Å². The molecule has 3 heterocycles. The Morgan fingerprint density at radius 3 is 2.86 bits per heavy atom. The fourth-order valence-corrected chi connectivity index (χ4v) is 3.65. The molecule has 1 amide bonds. The van der Waals surface area contributed by atoms with Gasteiger partial charge in [0.1, 0.15) is 17.3 Å². The van der Waals surface area contributed by atoms with Crippen LogP contribution in [-0.2, 0) is 7.05 Å². The van der Waals surface area contributed by atoms with E-state index >= 15 is 0 Å². The van der Waals surface area contributed by atoms with Gasteiger partial charge in [-0.1, -0.05) is 6.07 Å². The molecule has 4 rings (SSSR count). The number of aromatic nitrogens is 4. The van der Waals surface area contributed by atoms with Gasteiger partial charge in [0.25, 0.3) is 5.91 Å². The lowest BCUT2D eigenvalue weighted by molar-refractivity contribution is 0.0705. The molecule has 1 atom stereocenters. The van der Waals surface area contributed by atoms with Crippen molar-refractivity contribution in [3.05, 3.63) is 65.8 Å². The Labute approximate surface area is 163 Å². The van der Waals surface area contributed by atoms with Crippen LogP contribution in [0.25, 0.3) is 11.4 Å². The highest BCUT2D eigenvalue weighted by Crippen LogP contribution is 2.28. The van der Waals surface area contributed by atoms with E-state index in [2.05, 4.69) is 9.97 Å². The number of nitrogens with zero attached hydrogens (tertiary/aromatic N) is 5. The molecule has 1 aromatic carbocycles. The van der Waals surface area contributed by atoms with Crippen LogP contribution >= 0.6 is 0 Å². The van der Waals surface area contributed by atoms with Crippen LogP contribution in [0.4, 0.5) is 4.39 Å². The van der Waals surface area contributed by atoms with Gasteiger partial charge in [0, 0.05) is 37.8 Å². The number of carbonyl (C=O) groups is 1. The average Bonchev–Trinajstić information content (AvgIpc) is 3.06. The first-order chi connectivity index (χ1) is 13.5. The van der Waals surface area contributed by atoms with Crippen LogP contribution in [0.15, 0.2) is 42.9 Å². The number of hydrogen-bond acceptors (Lipinski definition) is 4. The SMILES string of the molecule is Cc1ncc(-c2cncc([C@@H]3CCCN(C(=O)c4cccc(F)c4)C3)n2)n1C. The molecule has 1 aliphatic rings. The molecule has 0 bridgehead atoms. The first-order valence-electron chi connectivity index (χ1n) is 9.38. The van der Waals surface area contributed by atoms with Crippen molar-refractivity contribution in [2.24, 2.45) is 7.05 Å². The third kappa shape index (κ3) is 3.52. The standard InChI is InChI=1S/C21H22FN5O/c1-14-24-12-20(26(14)2)19-11-23-10-18(25-19)16-6-4-8-27(13-16)21(28)15-5-3-7-17(22)9-15/h3,5,7,9-12,16H,4,6,8,13H2,1-2H3/t16-/m1/s1. The number of rotatable bonds is 3. The van der Waals surface area contributed by atoms with Crippen molar-refractivity contribution in [3.63, 3.8) is 0 Å². The number of halogens is 1. The number of hydrogen-bond donors (Lipinski definition) is 0. The van der Waals surface area contributed by atoms with E-state index in [-0.39, 0.29) is 11.8 Å². The van der Waals surface area contributed by atoms with E-state index in [4.69, 9.17) is 4.98 Å². The highest BCUT2D eigenvalue weighted by molar-refractivity contribution is 5.94. The topological polar surface area (TPSA) is 63.9 Å². The van der Waals surface area contributed by atoms with Crippen molar-refractivity contribution in [2.45, 2.75) is 25.7 Å². The van der Waals surface area contributed by atoms with E-state index in [1.807, 2.05) is 18.5 Å². The van der Waals surface area contributed by atoms with Gasteiger partial charge in [0.05, 0.1) is 23.8 Å². The van der Waals surface area contributed by atoms with Crippen molar-refractivity contribution < 1.29 is 9.18 Å². The minimum atomic E-state index is -0.399. The summed E-state index contributed by atoms with van der Waals surface area (Å²) >= 11 is 0. The number of benzene rings is 1. The fraction of sp³-hybridized carbons (Fsp3) is 0.333. The first kappa shape index (κ1) is 18.3. The second-order valence-electron chi connectivity index (χ2n) is 7.18. The zero-order chi connectivity index (χ0) is 19.7. The third-order valence-electron chi connectivity index (χ3n) is 5.33. The minimum absolute atomic E-state index is 0.105. The fourth-order valence-electron chi connectivity index (χ4n) is 3.65. The van der Waals surface area contributed by atoms with E-state index in [1.165, 1.54) is 12.1 Å². The van der Waals surface area contributed by atoms with Gasteiger partial charge in [-0.05, 0) is 38.0 Å². The molecule has 144 valence electrons. The molecule has 0 spiro atoms. The van der Waals surface area contributed by atoms with Gasteiger partial charge < -0.3 is 9.47 Å². The molecule has 3 aromatic rings. The molecule has 1 aliphatic heterocycles. The van der Waals surface area contributed by atoms with Crippen LogP contribution in [0, 0.1) is 12.7 Å². The lowest BCUT2D eigenvalue weighted by Gasteiger charge is -2.32. The maximum atomic E-state index is 13.5. The van der Waals surface area contributed by atoms with Gasteiger partial charge in [0.2, 0.25) is 0 Å². The molecule has 0 saturated carbocycles. The Balaban J connectivity index is 1.56. The monoisotopic (exact) mass is 379 g/mol. The van der Waals surface area contributed by atoms with Crippen LogP contribution in [0.2, 0.25) is 0 Å². The largest absolute Gasteiger partial charge is 0.338 e. The molecule has 6 nitrogen and oxygen atoms in total. The molecule has 2 aromatic heterocycles. The molecule has 1 saturated heterocycles. The smallest absolute Gasteiger partial charge is 0.253 e. The van der Waals surface area contributed by atoms with Crippen LogP contribution in [0.1, 0.15) is 40.6 Å². The summed E-state index contributed by atoms with van der Waals surface area (Å²) in [6.07, 6.45) is 7.12. The van der Waals surface area contributed by atoms with Crippen LogP contribution in [-0.4, -0.2) is 43.4 Å². The lowest BCUT2D eigenvalue weighted by Crippen LogP contribution is -2.39. The second-order valence-corrected chi connectivity index (χ2v) is 7.18. The Kier molecular flexibility index (Phi) is 4.90. The molecule has 7 heteroatoms. The number of likely N-dealkylation sites (tertiary alicyclic amines) is 1. The number of imidazole rings is 1.